The van der Waals surface area contributed by atoms with Crippen molar-refractivity contribution in [3.8, 4) is 23.0 Å². The predicted molar refractivity (Wildman–Crippen MR) is 141 cm³/mol. The average Bonchev–Trinajstić information content (AvgIpc) is 2.86. The van der Waals surface area contributed by atoms with Crippen molar-refractivity contribution in [1.82, 2.24) is 9.62 Å². The lowest BCUT2D eigenvalue weighted by Gasteiger charge is -2.33. The van der Waals surface area contributed by atoms with Crippen LogP contribution in [0.5, 0.6) is 23.0 Å². The molecule has 1 amide bonds. The van der Waals surface area contributed by atoms with Crippen LogP contribution in [0, 0.1) is 6.92 Å². The molecule has 1 aromatic heterocycles. The van der Waals surface area contributed by atoms with Gasteiger partial charge in [-0.15, -0.1) is 0 Å². The van der Waals surface area contributed by atoms with Crippen molar-refractivity contribution < 1.29 is 36.9 Å². The molecule has 2 heterocycles. The third kappa shape index (κ3) is 6.07. The van der Waals surface area contributed by atoms with Gasteiger partial charge < -0.3 is 29.1 Å². The second kappa shape index (κ2) is 12.1. The van der Waals surface area contributed by atoms with E-state index in [1.165, 1.54) is 38.6 Å². The molecule has 12 heteroatoms. The summed E-state index contributed by atoms with van der Waals surface area (Å²) in [5.41, 5.74) is -0.442. The standard InChI is InChI=1S/C26H36N2O9S/c1-15(2)38(32,33)28-11-9-17(10-12-28)27-22(30)14-19(23-20(29)13-16(3)37-26(23)31)18-7-8-21(34-4)25(36-6)24(18)35-5/h7-8,13,15,17,19,29H,9-12,14H2,1-6H3,(H,27,30)/t19-/m0/s1. The lowest BCUT2D eigenvalue weighted by Crippen LogP contribution is -2.48. The highest BCUT2D eigenvalue weighted by molar-refractivity contribution is 7.89. The molecule has 1 atom stereocenters. The molecule has 210 valence electrons. The highest BCUT2D eigenvalue weighted by Crippen LogP contribution is 2.45. The quantitative estimate of drug-likeness (QED) is 0.454. The van der Waals surface area contributed by atoms with Crippen LogP contribution in [0.3, 0.4) is 0 Å². The van der Waals surface area contributed by atoms with Gasteiger partial charge in [-0.3, -0.25) is 4.79 Å². The minimum Gasteiger partial charge on any atom is -0.507 e. The number of aryl methyl sites for hydroxylation is 1. The van der Waals surface area contributed by atoms with Gasteiger partial charge in [0.2, 0.25) is 21.7 Å². The first-order valence-corrected chi connectivity index (χ1v) is 13.9. The molecular formula is C26H36N2O9S. The minimum absolute atomic E-state index is 0.0888. The summed E-state index contributed by atoms with van der Waals surface area (Å²) in [4.78, 5) is 26.2. The molecule has 0 unspecified atom stereocenters. The molecule has 2 N–H and O–H groups in total. The van der Waals surface area contributed by atoms with E-state index in [1.54, 1.807) is 26.0 Å². The van der Waals surface area contributed by atoms with Crippen molar-refractivity contribution in [3.63, 3.8) is 0 Å². The van der Waals surface area contributed by atoms with Crippen molar-refractivity contribution in [2.75, 3.05) is 34.4 Å². The number of aromatic hydroxyl groups is 1. The molecule has 1 saturated heterocycles. The topological polar surface area (TPSA) is 145 Å². The fraction of sp³-hybridized carbons (Fsp3) is 0.538. The van der Waals surface area contributed by atoms with Crippen LogP contribution in [0.25, 0.3) is 0 Å². The fourth-order valence-electron chi connectivity index (χ4n) is 4.72. The molecule has 3 rings (SSSR count). The Labute approximate surface area is 222 Å². The normalized spacial score (nSPS) is 15.8. The summed E-state index contributed by atoms with van der Waals surface area (Å²) in [6.07, 6.45) is 0.706. The smallest absolute Gasteiger partial charge is 0.343 e. The maximum Gasteiger partial charge on any atom is 0.343 e. The highest BCUT2D eigenvalue weighted by atomic mass is 32.2. The molecule has 38 heavy (non-hydrogen) atoms. The number of carbonyl (C=O) groups excluding carboxylic acids is 1. The van der Waals surface area contributed by atoms with Crippen LogP contribution in [0.4, 0.5) is 0 Å². The Morgan fingerprint density at radius 1 is 1.13 bits per heavy atom. The lowest BCUT2D eigenvalue weighted by atomic mass is 9.87. The van der Waals surface area contributed by atoms with Gasteiger partial charge in [0, 0.05) is 43.1 Å². The molecule has 0 saturated carbocycles. The summed E-state index contributed by atoms with van der Waals surface area (Å²) in [6, 6.07) is 4.35. The summed E-state index contributed by atoms with van der Waals surface area (Å²) in [5, 5.41) is 13.2. The minimum atomic E-state index is -3.36. The number of benzene rings is 1. The van der Waals surface area contributed by atoms with Gasteiger partial charge in [0.05, 0.1) is 32.1 Å². The second-order valence-corrected chi connectivity index (χ2v) is 11.9. The summed E-state index contributed by atoms with van der Waals surface area (Å²) in [5.74, 6) is -0.495. The molecule has 0 aliphatic carbocycles. The van der Waals surface area contributed by atoms with Crippen LogP contribution in [-0.4, -0.2) is 69.4 Å². The molecule has 1 aliphatic heterocycles. The monoisotopic (exact) mass is 552 g/mol. The Hall–Kier alpha value is -3.25. The van der Waals surface area contributed by atoms with Crippen molar-refractivity contribution in [2.45, 2.75) is 57.2 Å². The maximum atomic E-state index is 13.3. The Bertz CT molecular complexity index is 1310. The third-order valence-corrected chi connectivity index (χ3v) is 8.99. The first kappa shape index (κ1) is 29.3. The van der Waals surface area contributed by atoms with E-state index in [1.807, 2.05) is 0 Å². The number of hydrogen-bond donors (Lipinski definition) is 2. The van der Waals surface area contributed by atoms with Gasteiger partial charge in [0.1, 0.15) is 11.5 Å². The van der Waals surface area contributed by atoms with E-state index in [0.717, 1.165) is 0 Å². The Morgan fingerprint density at radius 2 is 1.76 bits per heavy atom. The molecule has 1 aromatic carbocycles. The molecule has 0 bridgehead atoms. The summed E-state index contributed by atoms with van der Waals surface area (Å²) >= 11 is 0. The van der Waals surface area contributed by atoms with E-state index in [0.29, 0.717) is 37.2 Å². The summed E-state index contributed by atoms with van der Waals surface area (Å²) in [6.45, 7) is 5.43. The Balaban J connectivity index is 1.92. The first-order valence-electron chi connectivity index (χ1n) is 12.3. The van der Waals surface area contributed by atoms with Gasteiger partial charge >= 0.3 is 5.63 Å². The van der Waals surface area contributed by atoms with Crippen LogP contribution in [0.15, 0.2) is 27.4 Å². The zero-order chi connectivity index (χ0) is 28.2. The Kier molecular flexibility index (Phi) is 9.31. The van der Waals surface area contributed by atoms with Crippen LogP contribution in [-0.2, 0) is 14.8 Å². The van der Waals surface area contributed by atoms with Gasteiger partial charge in [0.25, 0.3) is 0 Å². The van der Waals surface area contributed by atoms with Crippen LogP contribution in [0.2, 0.25) is 0 Å². The van der Waals surface area contributed by atoms with Crippen LogP contribution < -0.4 is 25.2 Å². The number of nitrogens with zero attached hydrogens (tertiary/aromatic N) is 1. The fourth-order valence-corrected chi connectivity index (χ4v) is 6.03. The number of nitrogens with one attached hydrogen (secondary N) is 1. The molecule has 11 nitrogen and oxygen atoms in total. The van der Waals surface area contributed by atoms with E-state index in [9.17, 15) is 23.1 Å². The van der Waals surface area contributed by atoms with Crippen LogP contribution >= 0.6 is 0 Å². The summed E-state index contributed by atoms with van der Waals surface area (Å²) in [7, 11) is 0.973. The maximum absolute atomic E-state index is 13.3. The second-order valence-electron chi connectivity index (χ2n) is 9.46. The number of carbonyl (C=O) groups is 1. The van der Waals surface area contributed by atoms with E-state index in [2.05, 4.69) is 5.32 Å². The lowest BCUT2D eigenvalue weighted by molar-refractivity contribution is -0.122. The average molecular weight is 553 g/mol. The van der Waals surface area contributed by atoms with Crippen molar-refractivity contribution in [2.24, 2.45) is 0 Å². The van der Waals surface area contributed by atoms with Gasteiger partial charge in [0.15, 0.2) is 11.5 Å². The van der Waals surface area contributed by atoms with Gasteiger partial charge in [-0.05, 0) is 39.7 Å². The van der Waals surface area contributed by atoms with E-state index < -0.39 is 26.8 Å². The van der Waals surface area contributed by atoms with E-state index in [4.69, 9.17) is 18.6 Å². The zero-order valence-electron chi connectivity index (χ0n) is 22.6. The van der Waals surface area contributed by atoms with Gasteiger partial charge in [-0.25, -0.2) is 17.5 Å². The van der Waals surface area contributed by atoms with Crippen molar-refractivity contribution >= 4 is 15.9 Å². The third-order valence-electron chi connectivity index (χ3n) is 6.71. The Morgan fingerprint density at radius 3 is 2.29 bits per heavy atom. The zero-order valence-corrected chi connectivity index (χ0v) is 23.4. The molecule has 0 spiro atoms. The number of methoxy groups -OCH3 is 3. The van der Waals surface area contributed by atoms with Crippen molar-refractivity contribution in [1.29, 1.82) is 0 Å². The van der Waals surface area contributed by atoms with E-state index >= 15 is 0 Å². The van der Waals surface area contributed by atoms with Gasteiger partial charge in [-0.2, -0.15) is 0 Å². The molecule has 0 radical (unpaired) electrons. The molecule has 1 aliphatic rings. The van der Waals surface area contributed by atoms with Crippen molar-refractivity contribution in [3.05, 3.63) is 45.5 Å². The van der Waals surface area contributed by atoms with Gasteiger partial charge in [-0.1, -0.05) is 6.07 Å². The number of amides is 1. The summed E-state index contributed by atoms with van der Waals surface area (Å²) < 4.78 is 48.1. The molecular weight excluding hydrogens is 516 g/mol. The SMILES string of the molecule is COc1ccc([C@H](CC(=O)NC2CCN(S(=O)(=O)C(C)C)CC2)c2c(O)cc(C)oc2=O)c(OC)c1OC. The molecule has 1 fully saturated rings. The number of ether oxygens (including phenoxy) is 3. The number of sulfonamides is 1. The molecule has 2 aromatic rings. The highest BCUT2D eigenvalue weighted by Gasteiger charge is 2.33. The predicted octanol–water partition coefficient (Wildman–Crippen LogP) is 2.52. The number of piperidine rings is 1. The van der Waals surface area contributed by atoms with Crippen LogP contribution in [0.1, 0.15) is 55.9 Å². The van der Waals surface area contributed by atoms with E-state index in [-0.39, 0.29) is 46.9 Å². The first-order chi connectivity index (χ1) is 17.9. The number of hydrogen-bond acceptors (Lipinski definition) is 9. The largest absolute Gasteiger partial charge is 0.507 e. The number of rotatable bonds is 10.